The molecule has 0 saturated carbocycles. The summed E-state index contributed by atoms with van der Waals surface area (Å²) in [5, 5.41) is 2.20. The van der Waals surface area contributed by atoms with Gasteiger partial charge in [-0.25, -0.2) is 0 Å². The van der Waals surface area contributed by atoms with Gasteiger partial charge in [0.15, 0.2) is 0 Å². The fourth-order valence-corrected chi connectivity index (χ4v) is 9.78. The zero-order valence-corrected chi connectivity index (χ0v) is 14.7. The molecule has 0 aliphatic rings. The summed E-state index contributed by atoms with van der Waals surface area (Å²) in [5.74, 6) is 0.136. The summed E-state index contributed by atoms with van der Waals surface area (Å²) in [5.41, 5.74) is 0. The number of benzene rings is 2. The number of ketones is 1. The molecule has 0 heterocycles. The molecule has 0 amide bonds. The van der Waals surface area contributed by atoms with E-state index in [0.717, 1.165) is 14.4 Å². The normalized spacial score (nSPS) is 12.9. The average Bonchev–Trinajstić information content (AvgIpc) is 2.37. The molecule has 0 radical (unpaired) electrons. The van der Waals surface area contributed by atoms with Crippen molar-refractivity contribution < 1.29 is 4.79 Å². The summed E-state index contributed by atoms with van der Waals surface area (Å²) < 4.78 is 1.30. The molecule has 0 aliphatic heterocycles. The second-order valence-corrected chi connectivity index (χ2v) is 18.3. The zero-order chi connectivity index (χ0) is 14.0. The van der Waals surface area contributed by atoms with Crippen LogP contribution in [0.5, 0.6) is 0 Å². The van der Waals surface area contributed by atoms with Crippen molar-refractivity contribution in [2.24, 2.45) is 5.92 Å². The minimum absolute atomic E-state index is 0.0156. The molecule has 0 unspecified atom stereocenters. The number of hydrogen-bond acceptors (Lipinski definition) is 1. The Morgan fingerprint density at radius 2 is 1.74 bits per heavy atom. The van der Waals surface area contributed by atoms with Crippen LogP contribution in [0.1, 0.15) is 13.8 Å². The van der Waals surface area contributed by atoms with Gasteiger partial charge in [0.25, 0.3) is 0 Å². The molecule has 19 heavy (non-hydrogen) atoms. The van der Waals surface area contributed by atoms with Crippen LogP contribution in [0.15, 0.2) is 42.5 Å². The quantitative estimate of drug-likeness (QED) is 0.691. The van der Waals surface area contributed by atoms with Crippen LogP contribution < -0.4 is 3.61 Å². The second kappa shape index (κ2) is 6.02. The molecular formula is C15H16Cl2OTe. The molecule has 2 aromatic carbocycles. The van der Waals surface area contributed by atoms with Gasteiger partial charge in [-0.05, 0) is 0 Å². The van der Waals surface area contributed by atoms with Gasteiger partial charge in [-0.15, -0.1) is 0 Å². The number of hydrogen-bond donors (Lipinski definition) is 0. The van der Waals surface area contributed by atoms with E-state index in [0.29, 0.717) is 4.47 Å². The maximum absolute atomic E-state index is 11.9. The Bertz CT molecular complexity index is 603. The van der Waals surface area contributed by atoms with E-state index in [-0.39, 0.29) is 11.7 Å². The molecule has 4 heteroatoms. The van der Waals surface area contributed by atoms with Gasteiger partial charge >= 0.3 is 126 Å². The first kappa shape index (κ1) is 15.1. The van der Waals surface area contributed by atoms with Crippen LogP contribution in [0.4, 0.5) is 0 Å². The van der Waals surface area contributed by atoms with Gasteiger partial charge in [0.2, 0.25) is 0 Å². The Labute approximate surface area is 125 Å². The van der Waals surface area contributed by atoms with Gasteiger partial charge in [0.1, 0.15) is 0 Å². The summed E-state index contributed by atoms with van der Waals surface area (Å²) in [7, 11) is 13.2. The summed E-state index contributed by atoms with van der Waals surface area (Å²) in [6.45, 7) is 3.77. The summed E-state index contributed by atoms with van der Waals surface area (Å²) >= 11 is -3.36. The topological polar surface area (TPSA) is 17.1 Å². The van der Waals surface area contributed by atoms with E-state index in [2.05, 4.69) is 0 Å². The van der Waals surface area contributed by atoms with Gasteiger partial charge < -0.3 is 0 Å². The third kappa shape index (κ3) is 3.44. The predicted octanol–water partition coefficient (Wildman–Crippen LogP) is 4.19. The summed E-state index contributed by atoms with van der Waals surface area (Å²) in [6.07, 6.45) is 0. The first-order valence-electron chi connectivity index (χ1n) is 6.12. The molecule has 0 aromatic heterocycles. The zero-order valence-electron chi connectivity index (χ0n) is 10.9. The third-order valence-corrected chi connectivity index (χ3v) is 11.4. The molecular weight excluding hydrogens is 395 g/mol. The Hall–Kier alpha value is -0.260. The summed E-state index contributed by atoms with van der Waals surface area (Å²) in [6, 6.07) is 14.0. The van der Waals surface area contributed by atoms with E-state index in [1.54, 1.807) is 0 Å². The number of rotatable bonds is 4. The van der Waals surface area contributed by atoms with E-state index in [1.807, 2.05) is 56.3 Å². The molecule has 0 spiro atoms. The van der Waals surface area contributed by atoms with Crippen LogP contribution >= 0.6 is 17.9 Å². The fourth-order valence-electron chi connectivity index (χ4n) is 1.88. The average molecular weight is 411 g/mol. The van der Waals surface area contributed by atoms with E-state index in [4.69, 9.17) is 17.9 Å². The third-order valence-electron chi connectivity index (χ3n) is 3.04. The molecule has 0 saturated heterocycles. The predicted molar refractivity (Wildman–Crippen MR) is 85.7 cm³/mol. The van der Waals surface area contributed by atoms with Crippen molar-refractivity contribution >= 4 is 54.0 Å². The molecule has 0 aliphatic carbocycles. The van der Waals surface area contributed by atoms with Gasteiger partial charge in [-0.1, -0.05) is 0 Å². The van der Waals surface area contributed by atoms with Crippen LogP contribution in [0.25, 0.3) is 10.8 Å². The van der Waals surface area contributed by atoms with Crippen LogP contribution in [0, 0.1) is 5.92 Å². The van der Waals surface area contributed by atoms with Crippen LogP contribution in [-0.2, 0) is 4.79 Å². The van der Waals surface area contributed by atoms with E-state index >= 15 is 0 Å². The number of Topliss-reactive ketones (excluding diaryl/α,β-unsaturated/α-hetero) is 1. The van der Waals surface area contributed by atoms with E-state index in [9.17, 15) is 4.79 Å². The number of halogens is 2. The monoisotopic (exact) mass is 412 g/mol. The number of carbonyl (C=O) groups excluding carboxylic acids is 1. The molecule has 0 N–H and O–H groups in total. The molecule has 0 atom stereocenters. The van der Waals surface area contributed by atoms with Crippen LogP contribution in [0.3, 0.4) is 0 Å². The minimum atomic E-state index is -3.36. The van der Waals surface area contributed by atoms with Crippen molar-refractivity contribution in [2.75, 3.05) is 0 Å². The Morgan fingerprint density at radius 3 is 2.42 bits per heavy atom. The number of carbonyl (C=O) groups is 1. The fraction of sp³-hybridized carbons (Fsp3) is 0.267. The van der Waals surface area contributed by atoms with Crippen LogP contribution in [0.2, 0.25) is 4.47 Å². The standard InChI is InChI=1S/C15H16Cl2OTe/c1-11(2)14(18)10-19(16,17)15-9-5-7-12-6-3-4-8-13(12)15/h3-9,11H,10H2,1-2H3. The van der Waals surface area contributed by atoms with Gasteiger partial charge in [0, 0.05) is 0 Å². The van der Waals surface area contributed by atoms with Gasteiger partial charge in [-0.3, -0.25) is 0 Å². The Balaban J connectivity index is 2.45. The molecule has 0 fully saturated rings. The molecule has 102 valence electrons. The maximum atomic E-state index is 11.9. The van der Waals surface area contributed by atoms with Crippen molar-refractivity contribution in [1.82, 2.24) is 0 Å². The first-order chi connectivity index (χ1) is 8.92. The molecule has 1 nitrogen and oxygen atoms in total. The van der Waals surface area contributed by atoms with Crippen molar-refractivity contribution in [3.8, 4) is 0 Å². The summed E-state index contributed by atoms with van der Waals surface area (Å²) in [4.78, 5) is 11.9. The van der Waals surface area contributed by atoms with Crippen molar-refractivity contribution in [2.45, 2.75) is 18.3 Å². The second-order valence-electron chi connectivity index (χ2n) is 4.82. The molecule has 0 bridgehead atoms. The van der Waals surface area contributed by atoms with E-state index < -0.39 is 15.9 Å². The van der Waals surface area contributed by atoms with Crippen LogP contribution in [-0.4, -0.2) is 21.7 Å². The Morgan fingerprint density at radius 1 is 1.11 bits per heavy atom. The first-order valence-corrected chi connectivity index (χ1v) is 14.8. The van der Waals surface area contributed by atoms with Gasteiger partial charge in [0.05, 0.1) is 0 Å². The molecule has 2 rings (SSSR count). The SMILES string of the molecule is CC(C)C(=O)C[Te](Cl)(Cl)c1cccc2ccccc12. The van der Waals surface area contributed by atoms with E-state index in [1.165, 1.54) is 0 Å². The van der Waals surface area contributed by atoms with Crippen molar-refractivity contribution in [3.05, 3.63) is 42.5 Å². The number of fused-ring (bicyclic) bond motifs is 1. The van der Waals surface area contributed by atoms with Crippen molar-refractivity contribution in [3.63, 3.8) is 0 Å². The molecule has 2 aromatic rings. The Kier molecular flexibility index (Phi) is 4.79. The van der Waals surface area contributed by atoms with Gasteiger partial charge in [-0.2, -0.15) is 0 Å². The van der Waals surface area contributed by atoms with Crippen molar-refractivity contribution in [1.29, 1.82) is 0 Å².